The average Bonchev–Trinajstić information content (AvgIpc) is 3.14. The maximum Gasteiger partial charge on any atom is 0.200 e. The van der Waals surface area contributed by atoms with Crippen molar-refractivity contribution in [2.45, 2.75) is 0 Å². The summed E-state index contributed by atoms with van der Waals surface area (Å²) in [4.78, 5) is 0. The van der Waals surface area contributed by atoms with Gasteiger partial charge < -0.3 is 0 Å². The first kappa shape index (κ1) is 31.4. The Balaban J connectivity index is 1.71. The van der Waals surface area contributed by atoms with Crippen LogP contribution in [0.3, 0.4) is 0 Å². The quantitative estimate of drug-likeness (QED) is 0.0571. The molecule has 0 saturated heterocycles. The molecule has 0 amide bonds. The summed E-state index contributed by atoms with van der Waals surface area (Å²) < 4.78 is 151. The summed E-state index contributed by atoms with van der Waals surface area (Å²) in [6.07, 6.45) is 0. The first-order valence-corrected chi connectivity index (χ1v) is 14.9. The predicted octanol–water partition coefficient (Wildman–Crippen LogP) is 12.7. The molecule has 0 fully saturated rings. The van der Waals surface area contributed by atoms with E-state index in [0.29, 0.717) is 32.7 Å². The van der Waals surface area contributed by atoms with Gasteiger partial charge in [0.1, 0.15) is 0 Å². The van der Waals surface area contributed by atoms with Crippen LogP contribution in [-0.2, 0) is 0 Å². The lowest BCUT2D eigenvalue weighted by atomic mass is 9.82. The second-order valence-corrected chi connectivity index (χ2v) is 11.6. The normalized spacial score (nSPS) is 11.8. The van der Waals surface area contributed by atoms with Crippen molar-refractivity contribution < 1.29 is 43.9 Å². The molecule has 246 valence electrons. The summed E-state index contributed by atoms with van der Waals surface area (Å²) in [6, 6.07) is 25.4. The van der Waals surface area contributed by atoms with E-state index in [1.165, 1.54) is 36.4 Å². The van der Waals surface area contributed by atoms with E-state index in [2.05, 4.69) is 0 Å². The second-order valence-electron chi connectivity index (χ2n) is 11.6. The highest BCUT2D eigenvalue weighted by atomic mass is 19.2. The third-order valence-corrected chi connectivity index (χ3v) is 9.01. The predicted molar refractivity (Wildman–Crippen MR) is 172 cm³/mol. The summed E-state index contributed by atoms with van der Waals surface area (Å²) in [5.41, 5.74) is -2.55. The van der Waals surface area contributed by atoms with Crippen LogP contribution in [0.15, 0.2) is 97.1 Å². The maximum absolute atomic E-state index is 15.7. The molecule has 8 aromatic carbocycles. The van der Waals surface area contributed by atoms with Crippen molar-refractivity contribution in [3.8, 4) is 33.4 Å². The summed E-state index contributed by atoms with van der Waals surface area (Å²) in [7, 11) is 0. The zero-order chi connectivity index (χ0) is 35.2. The van der Waals surface area contributed by atoms with E-state index in [1.807, 2.05) is 6.07 Å². The fraction of sp³-hybridized carbons (Fsp3) is 0. The zero-order valence-corrected chi connectivity index (χ0v) is 25.0. The molecular weight excluding hydrogens is 670 g/mol. The van der Waals surface area contributed by atoms with Crippen LogP contribution in [0.4, 0.5) is 43.9 Å². The van der Waals surface area contributed by atoms with Crippen LogP contribution in [0, 0.1) is 58.2 Å². The maximum atomic E-state index is 15.7. The van der Waals surface area contributed by atoms with Crippen molar-refractivity contribution in [1.29, 1.82) is 0 Å². The number of benzene rings is 8. The Kier molecular flexibility index (Phi) is 7.11. The van der Waals surface area contributed by atoms with Gasteiger partial charge in [0.05, 0.1) is 11.1 Å². The molecule has 0 nitrogen and oxygen atoms in total. The van der Waals surface area contributed by atoms with E-state index in [4.69, 9.17) is 0 Å². The van der Waals surface area contributed by atoms with Crippen LogP contribution in [0.2, 0.25) is 0 Å². The largest absolute Gasteiger partial charge is 0.203 e. The summed E-state index contributed by atoms with van der Waals surface area (Å²) >= 11 is 0. The third kappa shape index (κ3) is 4.33. The third-order valence-electron chi connectivity index (χ3n) is 9.01. The number of fused-ring (bicyclic) bond motifs is 5. The van der Waals surface area contributed by atoms with E-state index in [1.54, 1.807) is 54.6 Å². The average molecular weight is 687 g/mol. The number of hydrogen-bond acceptors (Lipinski definition) is 0. The van der Waals surface area contributed by atoms with Crippen LogP contribution in [0.25, 0.3) is 76.5 Å². The monoisotopic (exact) mass is 686 g/mol. The first-order chi connectivity index (χ1) is 24.0. The van der Waals surface area contributed by atoms with Crippen LogP contribution < -0.4 is 0 Å². The molecule has 0 aliphatic heterocycles. The van der Waals surface area contributed by atoms with E-state index in [9.17, 15) is 26.3 Å². The fourth-order valence-corrected chi connectivity index (χ4v) is 6.81. The lowest BCUT2D eigenvalue weighted by Gasteiger charge is -2.21. The lowest BCUT2D eigenvalue weighted by molar-refractivity contribution is 0.381. The molecule has 0 aromatic heterocycles. The molecular formula is C40H16F10. The van der Waals surface area contributed by atoms with Crippen molar-refractivity contribution in [1.82, 2.24) is 0 Å². The number of halogens is 10. The smallest absolute Gasteiger partial charge is 0.200 e. The van der Waals surface area contributed by atoms with Gasteiger partial charge in [0.15, 0.2) is 46.5 Å². The number of rotatable bonds is 3. The van der Waals surface area contributed by atoms with Crippen molar-refractivity contribution in [3.63, 3.8) is 0 Å². The highest BCUT2D eigenvalue weighted by Crippen LogP contribution is 2.50. The summed E-state index contributed by atoms with van der Waals surface area (Å²) in [6.45, 7) is 0. The van der Waals surface area contributed by atoms with Gasteiger partial charge in [0.2, 0.25) is 11.6 Å². The minimum absolute atomic E-state index is 0.284. The van der Waals surface area contributed by atoms with Crippen molar-refractivity contribution in [3.05, 3.63) is 155 Å². The molecule has 50 heavy (non-hydrogen) atoms. The van der Waals surface area contributed by atoms with Gasteiger partial charge in [-0.3, -0.25) is 0 Å². The van der Waals surface area contributed by atoms with Gasteiger partial charge >= 0.3 is 0 Å². The second kappa shape index (κ2) is 11.3. The molecule has 0 saturated carbocycles. The highest BCUT2D eigenvalue weighted by Gasteiger charge is 2.33. The van der Waals surface area contributed by atoms with Crippen LogP contribution in [-0.4, -0.2) is 0 Å². The Hall–Kier alpha value is -5.90. The van der Waals surface area contributed by atoms with Crippen molar-refractivity contribution >= 4 is 43.1 Å². The Morgan fingerprint density at radius 3 is 1.12 bits per heavy atom. The van der Waals surface area contributed by atoms with E-state index >= 15 is 17.6 Å². The van der Waals surface area contributed by atoms with Gasteiger partial charge in [-0.15, -0.1) is 0 Å². The molecule has 8 aromatic rings. The Labute approximate surface area is 275 Å². The summed E-state index contributed by atoms with van der Waals surface area (Å²) in [5, 5.41) is 0.924. The lowest BCUT2D eigenvalue weighted by Crippen LogP contribution is -2.07. The minimum atomic E-state index is -2.40. The molecule has 10 heteroatoms. The SMILES string of the molecule is Fc1c(F)c(F)c(-c2c3ccccc3c(-c3c(F)c(F)c(F)c(F)c3F)c3cc4c(cc23)c(-c2ccccc2)cc2ccccc24)c(F)c1F. The molecule has 0 bridgehead atoms. The fourth-order valence-electron chi connectivity index (χ4n) is 6.81. The summed E-state index contributed by atoms with van der Waals surface area (Å²) in [5.74, 6) is -22.5. The van der Waals surface area contributed by atoms with Crippen molar-refractivity contribution in [2.75, 3.05) is 0 Å². The first-order valence-electron chi connectivity index (χ1n) is 14.9. The van der Waals surface area contributed by atoms with Gasteiger partial charge in [0, 0.05) is 11.1 Å². The molecule has 0 spiro atoms. The van der Waals surface area contributed by atoms with Crippen LogP contribution in [0.1, 0.15) is 0 Å². The molecule has 0 aliphatic carbocycles. The Morgan fingerprint density at radius 2 is 0.640 bits per heavy atom. The van der Waals surface area contributed by atoms with Gasteiger partial charge in [-0.1, -0.05) is 78.9 Å². The van der Waals surface area contributed by atoms with Crippen molar-refractivity contribution in [2.24, 2.45) is 0 Å². The van der Waals surface area contributed by atoms with Gasteiger partial charge in [-0.25, -0.2) is 43.9 Å². The molecule has 0 radical (unpaired) electrons. The molecule has 0 aliphatic rings. The zero-order valence-electron chi connectivity index (χ0n) is 25.0. The minimum Gasteiger partial charge on any atom is -0.203 e. The van der Waals surface area contributed by atoms with Gasteiger partial charge in [0.25, 0.3) is 0 Å². The Bertz CT molecular complexity index is 2700. The standard InChI is InChI=1S/C40H16F10/c41-31-29(32(42)36(46)39(49)35(31)45)27-20-12-6-7-13-21(20)28(30-33(43)37(47)40(50)38(48)34(30)44)26-16-24-22(17-8-2-1-3-9-17)14-18-10-4-5-11-19(18)23(24)15-25(26)27/h1-16H. The van der Waals surface area contributed by atoms with Gasteiger partial charge in [-0.05, 0) is 72.4 Å². The van der Waals surface area contributed by atoms with E-state index < -0.39 is 80.4 Å². The van der Waals surface area contributed by atoms with E-state index in [0.717, 1.165) is 0 Å². The molecule has 8 rings (SSSR count). The van der Waals surface area contributed by atoms with E-state index in [-0.39, 0.29) is 21.5 Å². The van der Waals surface area contributed by atoms with Gasteiger partial charge in [-0.2, -0.15) is 0 Å². The molecule has 0 N–H and O–H groups in total. The number of hydrogen-bond donors (Lipinski definition) is 0. The molecule has 0 atom stereocenters. The van der Waals surface area contributed by atoms with Crippen LogP contribution >= 0.6 is 0 Å². The molecule has 0 unspecified atom stereocenters. The highest BCUT2D eigenvalue weighted by molar-refractivity contribution is 6.27. The topological polar surface area (TPSA) is 0 Å². The van der Waals surface area contributed by atoms with Crippen LogP contribution in [0.5, 0.6) is 0 Å². The Morgan fingerprint density at radius 1 is 0.260 bits per heavy atom. The molecule has 0 heterocycles.